The number of anilines is 1. The van der Waals surface area contributed by atoms with Crippen molar-refractivity contribution in [1.29, 1.82) is 0 Å². The highest BCUT2D eigenvalue weighted by Crippen LogP contribution is 2.36. The van der Waals surface area contributed by atoms with E-state index in [4.69, 9.17) is 23.2 Å². The van der Waals surface area contributed by atoms with Gasteiger partial charge in [-0.2, -0.15) is 5.10 Å². The van der Waals surface area contributed by atoms with Crippen LogP contribution in [0.4, 0.5) is 10.2 Å². The molecule has 39 heavy (non-hydrogen) atoms. The van der Waals surface area contributed by atoms with Crippen molar-refractivity contribution in [2.24, 2.45) is 0 Å². The molecule has 2 heterocycles. The van der Waals surface area contributed by atoms with Gasteiger partial charge < -0.3 is 16.0 Å². The van der Waals surface area contributed by atoms with Crippen molar-refractivity contribution in [3.05, 3.63) is 94.0 Å². The molecule has 3 N–H and O–H groups in total. The number of nitrogens with one attached hydrogen (secondary N) is 3. The Labute approximate surface area is 232 Å². The number of carbonyl (C=O) groups excluding carboxylic acids is 3. The lowest BCUT2D eigenvalue weighted by molar-refractivity contribution is -0.123. The monoisotopic (exact) mass is 566 g/mol. The number of amides is 3. The van der Waals surface area contributed by atoms with Crippen LogP contribution in [-0.2, 0) is 4.79 Å². The minimum atomic E-state index is -0.972. The highest BCUT2D eigenvalue weighted by molar-refractivity contribution is 6.38. The van der Waals surface area contributed by atoms with Gasteiger partial charge in [0.2, 0.25) is 5.91 Å². The highest BCUT2D eigenvalue weighted by Gasteiger charge is 2.51. The topological polar surface area (TPSA) is 118 Å². The van der Waals surface area contributed by atoms with E-state index in [9.17, 15) is 18.8 Å². The Bertz CT molecular complexity index is 1600. The lowest BCUT2D eigenvalue weighted by Crippen LogP contribution is -2.48. The first-order valence-electron chi connectivity index (χ1n) is 11.8. The van der Waals surface area contributed by atoms with Gasteiger partial charge in [0.05, 0.1) is 21.3 Å². The Morgan fingerprint density at radius 2 is 1.72 bits per heavy atom. The second kappa shape index (κ2) is 10.5. The molecule has 2 aromatic carbocycles. The summed E-state index contributed by atoms with van der Waals surface area (Å²) in [4.78, 5) is 42.7. The van der Waals surface area contributed by atoms with Crippen molar-refractivity contribution >= 4 is 46.7 Å². The minimum Gasteiger partial charge on any atom is -0.357 e. The molecule has 1 fully saturated rings. The van der Waals surface area contributed by atoms with E-state index in [0.29, 0.717) is 18.5 Å². The number of rotatable bonds is 7. The molecule has 0 atom stereocenters. The summed E-state index contributed by atoms with van der Waals surface area (Å²) in [6.45, 7) is 0. The van der Waals surface area contributed by atoms with Crippen LogP contribution in [-0.4, -0.2) is 45.1 Å². The van der Waals surface area contributed by atoms with E-state index in [2.05, 4.69) is 26.0 Å². The fourth-order valence-electron chi connectivity index (χ4n) is 4.07. The largest absolute Gasteiger partial charge is 0.357 e. The molecule has 9 nitrogen and oxygen atoms in total. The molecule has 0 spiro atoms. The highest BCUT2D eigenvalue weighted by atomic mass is 35.5. The van der Waals surface area contributed by atoms with Crippen LogP contribution in [0, 0.1) is 5.82 Å². The molecule has 0 radical (unpaired) electrons. The predicted molar refractivity (Wildman–Crippen MR) is 145 cm³/mol. The number of aromatic nitrogens is 3. The van der Waals surface area contributed by atoms with Crippen molar-refractivity contribution < 1.29 is 18.8 Å². The van der Waals surface area contributed by atoms with Crippen LogP contribution in [0.3, 0.4) is 0 Å². The Morgan fingerprint density at radius 1 is 0.974 bits per heavy atom. The van der Waals surface area contributed by atoms with Crippen molar-refractivity contribution in [2.45, 2.75) is 18.4 Å². The predicted octanol–water partition coefficient (Wildman–Crippen LogP) is 4.64. The minimum absolute atomic E-state index is 0.00415. The van der Waals surface area contributed by atoms with Crippen LogP contribution in [0.2, 0.25) is 10.0 Å². The Morgan fingerprint density at radius 3 is 2.38 bits per heavy atom. The number of hydrogen-bond acceptors (Lipinski definition) is 5. The average molecular weight is 567 g/mol. The molecule has 1 saturated carbocycles. The van der Waals surface area contributed by atoms with Crippen LogP contribution in [0.15, 0.2) is 66.9 Å². The molecule has 0 saturated heterocycles. The smallest absolute Gasteiger partial charge is 0.272 e. The Balaban J connectivity index is 1.49. The number of para-hydroxylation sites is 1. The zero-order valence-corrected chi connectivity index (χ0v) is 22.0. The van der Waals surface area contributed by atoms with Crippen LogP contribution < -0.4 is 16.0 Å². The zero-order valence-electron chi connectivity index (χ0n) is 20.5. The summed E-state index contributed by atoms with van der Waals surface area (Å²) in [5.41, 5.74) is -0.263. The first kappa shape index (κ1) is 26.3. The fraction of sp³-hybridized carbons (Fsp3) is 0.148. The van der Waals surface area contributed by atoms with Crippen LogP contribution in [0.25, 0.3) is 16.9 Å². The van der Waals surface area contributed by atoms with E-state index in [1.54, 1.807) is 24.3 Å². The zero-order chi connectivity index (χ0) is 27.7. The van der Waals surface area contributed by atoms with E-state index in [-0.39, 0.29) is 44.3 Å². The van der Waals surface area contributed by atoms with Crippen molar-refractivity contribution in [3.63, 3.8) is 0 Å². The number of benzene rings is 2. The number of nitrogens with zero attached hydrogens (tertiary/aromatic N) is 3. The van der Waals surface area contributed by atoms with Gasteiger partial charge in [-0.15, -0.1) is 0 Å². The number of carbonyl (C=O) groups is 3. The second-order valence-corrected chi connectivity index (χ2v) is 9.69. The van der Waals surface area contributed by atoms with Gasteiger partial charge in [-0.05, 0) is 49.2 Å². The molecule has 12 heteroatoms. The maximum atomic E-state index is 14.4. The van der Waals surface area contributed by atoms with Gasteiger partial charge in [-0.3, -0.25) is 19.4 Å². The first-order valence-corrected chi connectivity index (χ1v) is 12.6. The summed E-state index contributed by atoms with van der Waals surface area (Å²) in [6.07, 6.45) is 2.43. The van der Waals surface area contributed by atoms with Gasteiger partial charge in [0.1, 0.15) is 22.9 Å². The number of halogens is 3. The number of pyridine rings is 1. The van der Waals surface area contributed by atoms with Crippen molar-refractivity contribution in [2.75, 3.05) is 12.4 Å². The van der Waals surface area contributed by atoms with Crippen molar-refractivity contribution in [1.82, 2.24) is 25.4 Å². The van der Waals surface area contributed by atoms with Crippen molar-refractivity contribution in [3.8, 4) is 16.9 Å². The molecule has 2 aromatic heterocycles. The maximum Gasteiger partial charge on any atom is 0.272 e. The summed E-state index contributed by atoms with van der Waals surface area (Å²) in [5, 5.41) is 12.6. The Kier molecular flexibility index (Phi) is 7.07. The molecular formula is C27H21Cl2FN6O3. The van der Waals surface area contributed by atoms with Gasteiger partial charge in [0.15, 0.2) is 5.69 Å². The molecule has 4 aromatic rings. The number of hydrogen-bond donors (Lipinski definition) is 3. The molecule has 198 valence electrons. The normalized spacial score (nSPS) is 13.4. The third kappa shape index (κ3) is 5.21. The van der Waals surface area contributed by atoms with Gasteiger partial charge in [-0.25, -0.2) is 9.07 Å². The molecule has 0 aliphatic heterocycles. The van der Waals surface area contributed by atoms with Crippen LogP contribution >= 0.6 is 23.2 Å². The summed E-state index contributed by atoms with van der Waals surface area (Å²) >= 11 is 12.6. The molecular weight excluding hydrogens is 546 g/mol. The summed E-state index contributed by atoms with van der Waals surface area (Å²) in [6, 6.07) is 15.6. The van der Waals surface area contributed by atoms with E-state index in [1.807, 2.05) is 6.07 Å². The third-order valence-electron chi connectivity index (χ3n) is 6.26. The van der Waals surface area contributed by atoms with Gasteiger partial charge in [0, 0.05) is 24.9 Å². The lowest BCUT2D eigenvalue weighted by Gasteiger charge is -2.14. The molecule has 1 aliphatic carbocycles. The summed E-state index contributed by atoms with van der Waals surface area (Å²) in [7, 11) is 1.50. The van der Waals surface area contributed by atoms with E-state index >= 15 is 0 Å². The quantitative estimate of drug-likeness (QED) is 0.301. The second-order valence-electron chi connectivity index (χ2n) is 8.88. The molecule has 0 bridgehead atoms. The van der Waals surface area contributed by atoms with Crippen LogP contribution in [0.5, 0.6) is 0 Å². The lowest BCUT2D eigenvalue weighted by atomic mass is 10.1. The fourth-order valence-corrected chi connectivity index (χ4v) is 4.63. The molecule has 3 amide bonds. The molecule has 0 unspecified atom stereocenters. The van der Waals surface area contributed by atoms with E-state index in [0.717, 1.165) is 0 Å². The molecule has 5 rings (SSSR count). The SMILES string of the molecule is CNC(=O)C1(NC(=O)c2cc(NC(=O)c3cc(-c4ncccc4F)c(Cl)cc3Cl)n(-c3ccccc3)n2)CC1. The Hall–Kier alpha value is -4.28. The maximum absolute atomic E-state index is 14.4. The van der Waals surface area contributed by atoms with Gasteiger partial charge >= 0.3 is 0 Å². The number of likely N-dealkylation sites (N-methyl/N-ethyl adjacent to an activating group) is 1. The van der Waals surface area contributed by atoms with E-state index in [1.165, 1.54) is 48.3 Å². The summed E-state index contributed by atoms with van der Waals surface area (Å²) in [5.74, 6) is -1.96. The third-order valence-corrected chi connectivity index (χ3v) is 6.89. The molecule has 1 aliphatic rings. The summed E-state index contributed by atoms with van der Waals surface area (Å²) < 4.78 is 15.8. The van der Waals surface area contributed by atoms with Gasteiger partial charge in [-0.1, -0.05) is 41.4 Å². The standard InChI is InChI=1S/C27H21Cl2FN6O3/c1-31-26(39)27(9-10-27)34-25(38)21-14-22(36(35-21)15-6-3-2-4-7-15)33-24(37)17-12-16(18(28)13-19(17)29)23-20(30)8-5-11-32-23/h2-8,11-14H,9-10H2,1H3,(H,31,39)(H,33,37)(H,34,38). The van der Waals surface area contributed by atoms with Gasteiger partial charge in [0.25, 0.3) is 11.8 Å². The van der Waals surface area contributed by atoms with E-state index < -0.39 is 23.2 Å². The first-order chi connectivity index (χ1) is 18.7. The van der Waals surface area contributed by atoms with Crippen LogP contribution in [0.1, 0.15) is 33.7 Å². The average Bonchev–Trinajstić information content (AvgIpc) is 3.59.